The van der Waals surface area contributed by atoms with E-state index in [1.54, 1.807) is 6.92 Å². The van der Waals surface area contributed by atoms with Gasteiger partial charge in [0.1, 0.15) is 22.5 Å². The first-order valence-electron chi connectivity index (χ1n) is 10.4. The standard InChI is InChI=1S/C24H23N3O5S/c1-13-21(22(28)27-14(2)23(29)30)33-20(26-13)11-25-24(31)32-12-19-17-9-5-3-7-15(17)16-8-4-6-10-18(16)19/h3-10,14,19H,11-12H2,1-2H3,(H,25,31)(H,27,28)(H,29,30). The van der Waals surface area contributed by atoms with Crippen molar-refractivity contribution in [1.82, 2.24) is 15.6 Å². The SMILES string of the molecule is Cc1nc(CNC(=O)OCC2c3ccccc3-c3ccccc32)sc1C(=O)NC(C)C(=O)O. The zero-order valence-electron chi connectivity index (χ0n) is 18.1. The second-order valence-electron chi connectivity index (χ2n) is 7.73. The molecule has 1 aliphatic carbocycles. The third-order valence-electron chi connectivity index (χ3n) is 5.49. The Morgan fingerprint density at radius 3 is 2.30 bits per heavy atom. The summed E-state index contributed by atoms with van der Waals surface area (Å²) >= 11 is 1.10. The number of fused-ring (bicyclic) bond motifs is 3. The van der Waals surface area contributed by atoms with E-state index in [1.807, 2.05) is 24.3 Å². The number of rotatable bonds is 7. The number of carbonyl (C=O) groups is 3. The van der Waals surface area contributed by atoms with Crippen molar-refractivity contribution in [2.75, 3.05) is 6.61 Å². The number of hydrogen-bond acceptors (Lipinski definition) is 6. The number of thiazole rings is 1. The number of aryl methyl sites for hydroxylation is 1. The van der Waals surface area contributed by atoms with Crippen molar-refractivity contribution in [3.8, 4) is 11.1 Å². The van der Waals surface area contributed by atoms with E-state index >= 15 is 0 Å². The van der Waals surface area contributed by atoms with E-state index < -0.39 is 24.0 Å². The predicted molar refractivity (Wildman–Crippen MR) is 123 cm³/mol. The van der Waals surface area contributed by atoms with Crippen molar-refractivity contribution in [3.05, 3.63) is 75.2 Å². The molecule has 4 rings (SSSR count). The number of alkyl carbamates (subject to hydrolysis) is 1. The van der Waals surface area contributed by atoms with Gasteiger partial charge in [-0.15, -0.1) is 11.3 Å². The number of aliphatic carboxylic acids is 1. The zero-order chi connectivity index (χ0) is 23.5. The van der Waals surface area contributed by atoms with E-state index in [-0.39, 0.29) is 19.1 Å². The lowest BCUT2D eigenvalue weighted by atomic mass is 9.98. The minimum atomic E-state index is -1.12. The van der Waals surface area contributed by atoms with Crippen LogP contribution in [0.4, 0.5) is 4.79 Å². The van der Waals surface area contributed by atoms with Gasteiger partial charge in [0, 0.05) is 5.92 Å². The molecule has 1 aromatic heterocycles. The topological polar surface area (TPSA) is 118 Å². The smallest absolute Gasteiger partial charge is 0.407 e. The molecule has 8 nitrogen and oxygen atoms in total. The number of carbonyl (C=O) groups excluding carboxylic acids is 2. The number of nitrogens with zero attached hydrogens (tertiary/aromatic N) is 1. The third-order valence-corrected chi connectivity index (χ3v) is 6.65. The lowest BCUT2D eigenvalue weighted by molar-refractivity contribution is -0.138. The number of benzene rings is 2. The highest BCUT2D eigenvalue weighted by atomic mass is 32.1. The Morgan fingerprint density at radius 2 is 1.70 bits per heavy atom. The minimum Gasteiger partial charge on any atom is -0.480 e. The van der Waals surface area contributed by atoms with Crippen molar-refractivity contribution < 1.29 is 24.2 Å². The van der Waals surface area contributed by atoms with Crippen LogP contribution >= 0.6 is 11.3 Å². The Kier molecular flexibility index (Phi) is 6.41. The maximum atomic E-state index is 12.3. The van der Waals surface area contributed by atoms with E-state index in [4.69, 9.17) is 9.84 Å². The number of amides is 2. The number of aromatic nitrogens is 1. The van der Waals surface area contributed by atoms with Gasteiger partial charge < -0.3 is 20.5 Å². The molecule has 1 atom stereocenters. The summed E-state index contributed by atoms with van der Waals surface area (Å²) in [5.41, 5.74) is 5.05. The van der Waals surface area contributed by atoms with Crippen LogP contribution in [0.15, 0.2) is 48.5 Å². The van der Waals surface area contributed by atoms with E-state index in [0.717, 1.165) is 33.6 Å². The summed E-state index contributed by atoms with van der Waals surface area (Å²) in [6, 6.07) is 15.2. The molecule has 2 aromatic carbocycles. The number of hydrogen-bond donors (Lipinski definition) is 3. The van der Waals surface area contributed by atoms with E-state index in [2.05, 4.69) is 39.9 Å². The molecule has 0 spiro atoms. The van der Waals surface area contributed by atoms with Crippen molar-refractivity contribution in [3.63, 3.8) is 0 Å². The number of nitrogens with one attached hydrogen (secondary N) is 2. The first kappa shape index (κ1) is 22.5. The van der Waals surface area contributed by atoms with Gasteiger partial charge in [0.05, 0.1) is 12.2 Å². The molecule has 1 heterocycles. The van der Waals surface area contributed by atoms with Crippen LogP contribution in [0.1, 0.15) is 44.3 Å². The molecule has 1 unspecified atom stereocenters. The molecule has 2 amide bonds. The van der Waals surface area contributed by atoms with Crippen LogP contribution in [0.2, 0.25) is 0 Å². The van der Waals surface area contributed by atoms with Crippen LogP contribution in [0.3, 0.4) is 0 Å². The zero-order valence-corrected chi connectivity index (χ0v) is 18.9. The molecule has 33 heavy (non-hydrogen) atoms. The molecule has 0 fully saturated rings. The van der Waals surface area contributed by atoms with Gasteiger partial charge in [-0.2, -0.15) is 0 Å². The Labute approximate surface area is 194 Å². The maximum Gasteiger partial charge on any atom is 0.407 e. The van der Waals surface area contributed by atoms with Gasteiger partial charge in [0.25, 0.3) is 5.91 Å². The molecule has 0 saturated carbocycles. The number of carboxylic acid groups (broad SMARTS) is 1. The summed E-state index contributed by atoms with van der Waals surface area (Å²) in [4.78, 5) is 40.2. The molecule has 9 heteroatoms. The summed E-state index contributed by atoms with van der Waals surface area (Å²) in [6.07, 6.45) is -0.574. The fourth-order valence-electron chi connectivity index (χ4n) is 3.86. The lowest BCUT2D eigenvalue weighted by Gasteiger charge is -2.14. The molecule has 0 saturated heterocycles. The number of carboxylic acids is 1. The summed E-state index contributed by atoms with van der Waals surface area (Å²) < 4.78 is 5.51. The molecule has 3 aromatic rings. The summed E-state index contributed by atoms with van der Waals surface area (Å²) in [6.45, 7) is 3.35. The van der Waals surface area contributed by atoms with Gasteiger partial charge in [-0.3, -0.25) is 9.59 Å². The molecule has 170 valence electrons. The average Bonchev–Trinajstić information content (AvgIpc) is 3.34. The first-order chi connectivity index (χ1) is 15.8. The fourth-order valence-corrected chi connectivity index (χ4v) is 4.77. The Balaban J connectivity index is 1.35. The van der Waals surface area contributed by atoms with Gasteiger partial charge in [-0.1, -0.05) is 48.5 Å². The summed E-state index contributed by atoms with van der Waals surface area (Å²) in [7, 11) is 0. The first-order valence-corrected chi connectivity index (χ1v) is 11.3. The van der Waals surface area contributed by atoms with Crippen molar-refractivity contribution in [1.29, 1.82) is 0 Å². The Morgan fingerprint density at radius 1 is 1.09 bits per heavy atom. The summed E-state index contributed by atoms with van der Waals surface area (Å²) in [5.74, 6) is -1.66. The molecule has 0 aliphatic heterocycles. The summed E-state index contributed by atoms with van der Waals surface area (Å²) in [5, 5.41) is 14.5. The van der Waals surface area contributed by atoms with Crippen molar-refractivity contribution in [2.24, 2.45) is 0 Å². The molecular formula is C24H23N3O5S. The highest BCUT2D eigenvalue weighted by Crippen LogP contribution is 2.44. The fraction of sp³-hybridized carbons (Fsp3) is 0.250. The molecule has 3 N–H and O–H groups in total. The van der Waals surface area contributed by atoms with Gasteiger partial charge >= 0.3 is 12.1 Å². The highest BCUT2D eigenvalue weighted by molar-refractivity contribution is 7.13. The van der Waals surface area contributed by atoms with E-state index in [0.29, 0.717) is 15.6 Å². The van der Waals surface area contributed by atoms with Crippen molar-refractivity contribution >= 4 is 29.3 Å². The highest BCUT2D eigenvalue weighted by Gasteiger charge is 2.29. The quantitative estimate of drug-likeness (QED) is 0.490. The van der Waals surface area contributed by atoms with Crippen LogP contribution in [0.25, 0.3) is 11.1 Å². The van der Waals surface area contributed by atoms with Crippen LogP contribution in [0, 0.1) is 6.92 Å². The van der Waals surface area contributed by atoms with Gasteiger partial charge in [-0.25, -0.2) is 9.78 Å². The van der Waals surface area contributed by atoms with Crippen LogP contribution in [-0.2, 0) is 16.1 Å². The monoisotopic (exact) mass is 465 g/mol. The van der Waals surface area contributed by atoms with Crippen LogP contribution in [-0.4, -0.2) is 40.7 Å². The molecule has 0 bridgehead atoms. The number of ether oxygens (including phenoxy) is 1. The predicted octanol–water partition coefficient (Wildman–Crippen LogP) is 3.69. The molecule has 1 aliphatic rings. The van der Waals surface area contributed by atoms with E-state index in [1.165, 1.54) is 6.92 Å². The van der Waals surface area contributed by atoms with E-state index in [9.17, 15) is 14.4 Å². The van der Waals surface area contributed by atoms with Crippen molar-refractivity contribution in [2.45, 2.75) is 32.4 Å². The molecular weight excluding hydrogens is 442 g/mol. The van der Waals surface area contributed by atoms with Crippen LogP contribution in [0.5, 0.6) is 0 Å². The second kappa shape index (κ2) is 9.41. The minimum absolute atomic E-state index is 0.0308. The largest absolute Gasteiger partial charge is 0.480 e. The maximum absolute atomic E-state index is 12.3. The molecule has 0 radical (unpaired) electrons. The second-order valence-corrected chi connectivity index (χ2v) is 8.82. The lowest BCUT2D eigenvalue weighted by Crippen LogP contribution is -2.38. The normalized spacial score (nSPS) is 13.0. The van der Waals surface area contributed by atoms with Gasteiger partial charge in [-0.05, 0) is 36.1 Å². The van der Waals surface area contributed by atoms with Crippen LogP contribution < -0.4 is 10.6 Å². The third kappa shape index (κ3) is 4.73. The van der Waals surface area contributed by atoms with Gasteiger partial charge in [0.2, 0.25) is 0 Å². The Bertz CT molecular complexity index is 1180. The average molecular weight is 466 g/mol. The Hall–Kier alpha value is -3.72. The van der Waals surface area contributed by atoms with Gasteiger partial charge in [0.15, 0.2) is 0 Å².